The molecule has 0 saturated carbocycles. The Kier molecular flexibility index (Phi) is 3.02. The summed E-state index contributed by atoms with van der Waals surface area (Å²) in [7, 11) is 0. The summed E-state index contributed by atoms with van der Waals surface area (Å²) in [4.78, 5) is 19.2. The van der Waals surface area contributed by atoms with E-state index in [1.807, 2.05) is 0 Å². The van der Waals surface area contributed by atoms with E-state index in [0.717, 1.165) is 0 Å². The molecule has 1 amide bonds. The van der Waals surface area contributed by atoms with Gasteiger partial charge in [0.05, 0.1) is 5.56 Å². The molecule has 0 aromatic carbocycles. The second-order valence-corrected chi connectivity index (χ2v) is 3.51. The predicted octanol–water partition coefficient (Wildman–Crippen LogP) is 1.76. The summed E-state index contributed by atoms with van der Waals surface area (Å²) in [6, 6.07) is 2.95. The summed E-state index contributed by atoms with van der Waals surface area (Å²) in [5, 5.41) is 8.79. The van der Waals surface area contributed by atoms with Crippen LogP contribution in [0.3, 0.4) is 0 Å². The lowest BCUT2D eigenvalue weighted by atomic mass is 10.3. The minimum Gasteiger partial charge on any atom is -0.291 e. The molecule has 16 heavy (non-hydrogen) atoms. The van der Waals surface area contributed by atoms with Crippen molar-refractivity contribution in [2.24, 2.45) is 0 Å². The molecule has 0 unspecified atom stereocenters. The van der Waals surface area contributed by atoms with Crippen molar-refractivity contribution in [3.63, 3.8) is 0 Å². The van der Waals surface area contributed by atoms with Gasteiger partial charge in [-0.25, -0.2) is 10.1 Å². The molecule has 0 atom stereocenters. The molecule has 82 valence electrons. The molecule has 0 aliphatic heterocycles. The van der Waals surface area contributed by atoms with Gasteiger partial charge in [-0.05, 0) is 12.1 Å². The fraction of sp³-hybridized carbons (Fsp3) is 0. The molecule has 2 N–H and O–H groups in total. The Bertz CT molecular complexity index is 513. The van der Waals surface area contributed by atoms with Gasteiger partial charge in [-0.3, -0.25) is 10.1 Å². The first-order chi connectivity index (χ1) is 7.66. The summed E-state index contributed by atoms with van der Waals surface area (Å²) in [5.41, 5.74) is 0.211. The summed E-state index contributed by atoms with van der Waals surface area (Å²) in [5.74, 6) is -0.207. The first-order valence-corrected chi connectivity index (χ1v) is 4.91. The number of anilines is 1. The highest BCUT2D eigenvalue weighted by Crippen LogP contribution is 2.17. The van der Waals surface area contributed by atoms with Crippen LogP contribution in [-0.4, -0.2) is 26.1 Å². The molecule has 0 saturated heterocycles. The van der Waals surface area contributed by atoms with E-state index in [9.17, 15) is 4.79 Å². The van der Waals surface area contributed by atoms with E-state index in [-0.39, 0.29) is 21.8 Å². The van der Waals surface area contributed by atoms with Gasteiger partial charge in [0.15, 0.2) is 0 Å². The normalized spacial score (nSPS) is 10.1. The van der Waals surface area contributed by atoms with Crippen LogP contribution in [0.2, 0.25) is 10.3 Å². The number of carbonyl (C=O) groups excluding carboxylic acids is 1. The van der Waals surface area contributed by atoms with Gasteiger partial charge >= 0.3 is 0 Å². The molecular formula is C8H5Cl2N5O. The van der Waals surface area contributed by atoms with E-state index in [1.54, 1.807) is 0 Å². The number of aromatic nitrogens is 4. The molecule has 2 aromatic heterocycles. The van der Waals surface area contributed by atoms with E-state index < -0.39 is 5.91 Å². The zero-order valence-corrected chi connectivity index (χ0v) is 9.25. The van der Waals surface area contributed by atoms with Crippen LogP contribution in [0.15, 0.2) is 18.5 Å². The average Bonchev–Trinajstić information content (AvgIpc) is 2.70. The minimum absolute atomic E-state index is 0.0320. The number of halogens is 2. The van der Waals surface area contributed by atoms with Gasteiger partial charge in [0.2, 0.25) is 5.95 Å². The van der Waals surface area contributed by atoms with Gasteiger partial charge in [0.1, 0.15) is 16.6 Å². The fourth-order valence-corrected chi connectivity index (χ4v) is 1.45. The lowest BCUT2D eigenvalue weighted by molar-refractivity contribution is 0.102. The van der Waals surface area contributed by atoms with Crippen LogP contribution in [0, 0.1) is 0 Å². The molecular weight excluding hydrogens is 253 g/mol. The Labute approximate surface area is 100 Å². The molecule has 0 aliphatic rings. The quantitative estimate of drug-likeness (QED) is 0.804. The van der Waals surface area contributed by atoms with Crippen LogP contribution in [0.4, 0.5) is 5.95 Å². The van der Waals surface area contributed by atoms with E-state index in [0.29, 0.717) is 0 Å². The topological polar surface area (TPSA) is 83.6 Å². The first kappa shape index (κ1) is 10.8. The van der Waals surface area contributed by atoms with Crippen molar-refractivity contribution in [2.45, 2.75) is 0 Å². The van der Waals surface area contributed by atoms with Gasteiger partial charge in [0.25, 0.3) is 5.91 Å². The lowest BCUT2D eigenvalue weighted by Crippen LogP contribution is -2.14. The van der Waals surface area contributed by atoms with Crippen molar-refractivity contribution in [2.75, 3.05) is 5.32 Å². The minimum atomic E-state index is -0.439. The zero-order valence-electron chi connectivity index (χ0n) is 7.74. The maximum atomic E-state index is 11.7. The number of nitrogens with one attached hydrogen (secondary N) is 2. The Hall–Kier alpha value is -1.66. The largest absolute Gasteiger partial charge is 0.291 e. The summed E-state index contributed by atoms with van der Waals surface area (Å²) in [6.07, 6.45) is 1.28. The third-order valence-corrected chi connectivity index (χ3v) is 2.20. The number of pyridine rings is 1. The Morgan fingerprint density at radius 1 is 1.38 bits per heavy atom. The van der Waals surface area contributed by atoms with Gasteiger partial charge < -0.3 is 0 Å². The van der Waals surface area contributed by atoms with Crippen LogP contribution < -0.4 is 5.32 Å². The number of H-pyrrole nitrogens is 1. The third kappa shape index (κ3) is 2.29. The maximum absolute atomic E-state index is 11.7. The van der Waals surface area contributed by atoms with Crippen LogP contribution in [-0.2, 0) is 0 Å². The fourth-order valence-electron chi connectivity index (χ4n) is 1.02. The van der Waals surface area contributed by atoms with Gasteiger partial charge in [-0.15, -0.1) is 0 Å². The standard InChI is InChI=1S/C8H5Cl2N5O/c9-5-2-1-4(6(10)13-5)7(16)14-8-11-3-12-15-8/h1-3H,(H2,11,12,14,15,16). The Balaban J connectivity index is 2.21. The summed E-state index contributed by atoms with van der Waals surface area (Å²) >= 11 is 11.4. The monoisotopic (exact) mass is 257 g/mol. The highest BCUT2D eigenvalue weighted by atomic mass is 35.5. The predicted molar refractivity (Wildman–Crippen MR) is 58.6 cm³/mol. The van der Waals surface area contributed by atoms with Gasteiger partial charge in [0, 0.05) is 0 Å². The molecule has 0 radical (unpaired) electrons. The lowest BCUT2D eigenvalue weighted by Gasteiger charge is -2.02. The number of rotatable bonds is 2. The molecule has 0 fully saturated rings. The highest BCUT2D eigenvalue weighted by molar-refractivity contribution is 6.35. The van der Waals surface area contributed by atoms with E-state index in [1.165, 1.54) is 18.5 Å². The van der Waals surface area contributed by atoms with E-state index in [2.05, 4.69) is 25.5 Å². The molecule has 0 bridgehead atoms. The zero-order chi connectivity index (χ0) is 11.5. The Morgan fingerprint density at radius 2 is 2.19 bits per heavy atom. The van der Waals surface area contributed by atoms with Gasteiger partial charge in [-0.1, -0.05) is 23.2 Å². The second kappa shape index (κ2) is 4.46. The molecule has 2 rings (SSSR count). The number of hydrogen-bond donors (Lipinski definition) is 2. The molecule has 6 nitrogen and oxygen atoms in total. The van der Waals surface area contributed by atoms with Crippen molar-refractivity contribution in [3.05, 3.63) is 34.3 Å². The van der Waals surface area contributed by atoms with Crippen molar-refractivity contribution in [1.29, 1.82) is 0 Å². The molecule has 2 heterocycles. The summed E-state index contributed by atoms with van der Waals surface area (Å²) in [6.45, 7) is 0. The number of amides is 1. The maximum Gasteiger partial charge on any atom is 0.261 e. The summed E-state index contributed by atoms with van der Waals surface area (Å²) < 4.78 is 0. The molecule has 0 spiro atoms. The van der Waals surface area contributed by atoms with E-state index >= 15 is 0 Å². The second-order valence-electron chi connectivity index (χ2n) is 2.76. The number of hydrogen-bond acceptors (Lipinski definition) is 4. The SMILES string of the molecule is O=C(Nc1ncn[nH]1)c1ccc(Cl)nc1Cl. The molecule has 2 aromatic rings. The van der Waals surface area contributed by atoms with Crippen molar-refractivity contribution >= 4 is 35.1 Å². The average molecular weight is 258 g/mol. The van der Waals surface area contributed by atoms with Crippen LogP contribution >= 0.6 is 23.2 Å². The number of aromatic amines is 1. The molecule has 0 aliphatic carbocycles. The van der Waals surface area contributed by atoms with Crippen LogP contribution in [0.5, 0.6) is 0 Å². The number of nitrogens with zero attached hydrogens (tertiary/aromatic N) is 3. The smallest absolute Gasteiger partial charge is 0.261 e. The first-order valence-electron chi connectivity index (χ1n) is 4.15. The molecule has 8 heteroatoms. The third-order valence-electron chi connectivity index (χ3n) is 1.71. The van der Waals surface area contributed by atoms with Crippen molar-refractivity contribution in [1.82, 2.24) is 20.2 Å². The highest BCUT2D eigenvalue weighted by Gasteiger charge is 2.12. The van der Waals surface area contributed by atoms with Crippen LogP contribution in [0.1, 0.15) is 10.4 Å². The van der Waals surface area contributed by atoms with E-state index in [4.69, 9.17) is 23.2 Å². The van der Waals surface area contributed by atoms with Crippen molar-refractivity contribution in [3.8, 4) is 0 Å². The Morgan fingerprint density at radius 3 is 2.81 bits per heavy atom. The van der Waals surface area contributed by atoms with Gasteiger partial charge in [-0.2, -0.15) is 10.1 Å². The van der Waals surface area contributed by atoms with Crippen molar-refractivity contribution < 1.29 is 4.79 Å². The van der Waals surface area contributed by atoms with Crippen LogP contribution in [0.25, 0.3) is 0 Å². The number of carbonyl (C=O) groups is 1.